The summed E-state index contributed by atoms with van der Waals surface area (Å²) in [6.45, 7) is 0.840. The molecule has 0 radical (unpaired) electrons. The van der Waals surface area contributed by atoms with Crippen LogP contribution in [0.25, 0.3) is 11.3 Å². The lowest BCUT2D eigenvalue weighted by molar-refractivity contribution is 0.752. The lowest BCUT2D eigenvalue weighted by Crippen LogP contribution is -2.03. The molecule has 120 valence electrons. The van der Waals surface area contributed by atoms with Gasteiger partial charge in [-0.15, -0.1) is 11.3 Å². The van der Waals surface area contributed by atoms with E-state index in [1.165, 1.54) is 11.3 Å². The van der Waals surface area contributed by atoms with E-state index in [0.717, 1.165) is 29.2 Å². The number of rotatable bonds is 5. The van der Waals surface area contributed by atoms with Gasteiger partial charge in [0, 0.05) is 55.2 Å². The van der Waals surface area contributed by atoms with E-state index in [9.17, 15) is 0 Å². The molecule has 0 saturated heterocycles. The maximum Gasteiger partial charge on any atom is 0.0992 e. The molecular weight excluding hydrogens is 316 g/mol. The van der Waals surface area contributed by atoms with Gasteiger partial charge in [0.1, 0.15) is 0 Å². The number of thiazole rings is 1. The molecule has 3 aromatic heterocycles. The molecule has 24 heavy (non-hydrogen) atoms. The highest BCUT2D eigenvalue weighted by atomic mass is 32.1. The summed E-state index contributed by atoms with van der Waals surface area (Å²) < 4.78 is 4.24. The molecule has 0 aliphatic carbocycles. The third kappa shape index (κ3) is 3.16. The van der Waals surface area contributed by atoms with Gasteiger partial charge in [0.25, 0.3) is 0 Å². The second-order valence-corrected chi connectivity index (χ2v) is 6.81. The molecule has 0 amide bonds. The van der Waals surface area contributed by atoms with Gasteiger partial charge in [0.2, 0.25) is 0 Å². The molecule has 0 bridgehead atoms. The third-order valence-corrected chi connectivity index (χ3v) is 4.85. The molecule has 0 spiro atoms. The average Bonchev–Trinajstić information content (AvgIpc) is 3.31. The fourth-order valence-corrected chi connectivity index (χ4v) is 3.57. The highest BCUT2D eigenvalue weighted by Crippen LogP contribution is 2.23. The number of hydrogen-bond acceptors (Lipinski definition) is 3. The van der Waals surface area contributed by atoms with Crippen molar-refractivity contribution in [3.63, 3.8) is 0 Å². The second-order valence-electron chi connectivity index (χ2n) is 5.87. The highest BCUT2D eigenvalue weighted by Gasteiger charge is 2.09. The number of hydrogen-bond donors (Lipinski definition) is 0. The van der Waals surface area contributed by atoms with Crippen LogP contribution in [0.5, 0.6) is 0 Å². The van der Waals surface area contributed by atoms with Gasteiger partial charge in [-0.2, -0.15) is 0 Å². The number of benzene rings is 1. The van der Waals surface area contributed by atoms with Crippen LogP contribution in [0.4, 0.5) is 0 Å². The van der Waals surface area contributed by atoms with Crippen molar-refractivity contribution in [2.45, 2.75) is 13.0 Å². The first-order valence-electron chi connectivity index (χ1n) is 7.87. The summed E-state index contributed by atoms with van der Waals surface area (Å²) in [5.74, 6) is 0. The smallest absolute Gasteiger partial charge is 0.0992 e. The van der Waals surface area contributed by atoms with Crippen molar-refractivity contribution < 1.29 is 0 Å². The largest absolute Gasteiger partial charge is 0.357 e. The van der Waals surface area contributed by atoms with Crippen LogP contribution < -0.4 is 0 Å². The molecule has 0 fully saturated rings. The molecular formula is C19H18N4S. The molecule has 0 aliphatic rings. The predicted octanol–water partition coefficient (Wildman–Crippen LogP) is 3.98. The first-order valence-corrected chi connectivity index (χ1v) is 8.75. The fraction of sp³-hybridized carbons (Fsp3) is 0.158. The number of imidazole rings is 1. The van der Waals surface area contributed by atoms with E-state index in [-0.39, 0.29) is 0 Å². The Morgan fingerprint density at radius 2 is 2.00 bits per heavy atom. The van der Waals surface area contributed by atoms with Gasteiger partial charge in [0.05, 0.1) is 17.0 Å². The number of nitrogens with zero attached hydrogens (tertiary/aromatic N) is 4. The highest BCUT2D eigenvalue weighted by molar-refractivity contribution is 7.10. The first-order chi connectivity index (χ1) is 11.8. The first kappa shape index (κ1) is 14.9. The molecule has 4 nitrogen and oxygen atoms in total. The van der Waals surface area contributed by atoms with Crippen molar-refractivity contribution in [1.82, 2.24) is 19.1 Å². The molecule has 0 saturated carbocycles. The maximum absolute atomic E-state index is 4.78. The topological polar surface area (TPSA) is 35.6 Å². The molecule has 0 aliphatic heterocycles. The van der Waals surface area contributed by atoms with E-state index in [1.807, 2.05) is 36.4 Å². The van der Waals surface area contributed by atoms with Gasteiger partial charge in [-0.25, -0.2) is 9.97 Å². The zero-order valence-corrected chi connectivity index (χ0v) is 14.3. The summed E-state index contributed by atoms with van der Waals surface area (Å²) in [6.07, 6.45) is 8.78. The van der Waals surface area contributed by atoms with Gasteiger partial charge < -0.3 is 9.13 Å². The minimum Gasteiger partial charge on any atom is -0.357 e. The van der Waals surface area contributed by atoms with Gasteiger partial charge in [0.15, 0.2) is 0 Å². The SMILES string of the molecule is Cn1ccc(-c2csc(Cc3cncn3Cc3ccccc3)n2)c1. The van der Waals surface area contributed by atoms with Crippen LogP contribution in [0.1, 0.15) is 16.3 Å². The van der Waals surface area contributed by atoms with Crippen molar-refractivity contribution in [2.75, 3.05) is 0 Å². The van der Waals surface area contributed by atoms with Gasteiger partial charge >= 0.3 is 0 Å². The van der Waals surface area contributed by atoms with E-state index < -0.39 is 0 Å². The Morgan fingerprint density at radius 3 is 2.79 bits per heavy atom. The third-order valence-electron chi connectivity index (χ3n) is 4.01. The Balaban J connectivity index is 1.52. The lowest BCUT2D eigenvalue weighted by atomic mass is 10.2. The quantitative estimate of drug-likeness (QED) is 0.553. The zero-order chi connectivity index (χ0) is 16.4. The average molecular weight is 334 g/mol. The molecule has 5 heteroatoms. The van der Waals surface area contributed by atoms with E-state index in [1.54, 1.807) is 11.3 Å². The maximum atomic E-state index is 4.78. The summed E-state index contributed by atoms with van der Waals surface area (Å²) >= 11 is 1.71. The summed E-state index contributed by atoms with van der Waals surface area (Å²) in [6, 6.07) is 12.6. The molecule has 0 unspecified atom stereocenters. The van der Waals surface area contributed by atoms with Crippen LogP contribution in [0.15, 0.2) is 66.7 Å². The van der Waals surface area contributed by atoms with E-state index in [2.05, 4.69) is 51.5 Å². The van der Waals surface area contributed by atoms with Crippen LogP contribution in [-0.2, 0) is 20.0 Å². The summed E-state index contributed by atoms with van der Waals surface area (Å²) in [7, 11) is 2.03. The van der Waals surface area contributed by atoms with E-state index >= 15 is 0 Å². The van der Waals surface area contributed by atoms with Gasteiger partial charge in [-0.1, -0.05) is 30.3 Å². The number of aryl methyl sites for hydroxylation is 1. The minimum absolute atomic E-state index is 0.810. The van der Waals surface area contributed by atoms with E-state index in [0.29, 0.717) is 0 Å². The molecule has 1 aromatic carbocycles. The zero-order valence-electron chi connectivity index (χ0n) is 13.5. The van der Waals surface area contributed by atoms with Crippen molar-refractivity contribution in [3.8, 4) is 11.3 Å². The number of aromatic nitrogens is 4. The Morgan fingerprint density at radius 1 is 1.12 bits per heavy atom. The van der Waals surface area contributed by atoms with Crippen molar-refractivity contribution in [2.24, 2.45) is 7.05 Å². The van der Waals surface area contributed by atoms with Crippen LogP contribution in [0.3, 0.4) is 0 Å². The van der Waals surface area contributed by atoms with Crippen LogP contribution in [0.2, 0.25) is 0 Å². The van der Waals surface area contributed by atoms with Crippen LogP contribution in [0, 0.1) is 0 Å². The molecule has 3 heterocycles. The fourth-order valence-electron chi connectivity index (χ4n) is 2.75. The standard InChI is InChI=1S/C19H18N4S/c1-22-8-7-16(12-22)18-13-24-19(21-18)9-17-10-20-14-23(17)11-15-5-3-2-4-6-15/h2-8,10,12-14H,9,11H2,1H3. The van der Waals surface area contributed by atoms with Crippen LogP contribution >= 0.6 is 11.3 Å². The normalized spacial score (nSPS) is 11.0. The summed E-state index contributed by atoms with van der Waals surface area (Å²) in [4.78, 5) is 9.10. The molecule has 0 atom stereocenters. The molecule has 4 rings (SSSR count). The molecule has 4 aromatic rings. The molecule has 0 N–H and O–H groups in total. The second kappa shape index (κ2) is 6.45. The Hall–Kier alpha value is -2.66. The van der Waals surface area contributed by atoms with Crippen LogP contribution in [-0.4, -0.2) is 19.1 Å². The lowest BCUT2D eigenvalue weighted by Gasteiger charge is -2.07. The Kier molecular flexibility index (Phi) is 4.01. The minimum atomic E-state index is 0.810. The van der Waals surface area contributed by atoms with Crippen molar-refractivity contribution in [3.05, 3.63) is 83.0 Å². The van der Waals surface area contributed by atoms with Crippen molar-refractivity contribution >= 4 is 11.3 Å². The summed E-state index contributed by atoms with van der Waals surface area (Å²) in [5.41, 5.74) is 4.68. The Labute approximate surface area is 145 Å². The Bertz CT molecular complexity index is 933. The van der Waals surface area contributed by atoms with Gasteiger partial charge in [-0.3, -0.25) is 0 Å². The monoisotopic (exact) mass is 334 g/mol. The predicted molar refractivity (Wildman–Crippen MR) is 97.1 cm³/mol. The summed E-state index contributed by atoms with van der Waals surface area (Å²) in [5, 5.41) is 3.24. The van der Waals surface area contributed by atoms with Gasteiger partial charge in [-0.05, 0) is 11.6 Å². The van der Waals surface area contributed by atoms with Crippen molar-refractivity contribution in [1.29, 1.82) is 0 Å². The van der Waals surface area contributed by atoms with E-state index in [4.69, 9.17) is 4.98 Å².